The Kier molecular flexibility index (Phi) is 8.72. The van der Waals surface area contributed by atoms with Gasteiger partial charge in [0.1, 0.15) is 0 Å². The zero-order chi connectivity index (χ0) is 29.6. The van der Waals surface area contributed by atoms with Crippen LogP contribution in [0.1, 0.15) is 47.9 Å². The van der Waals surface area contributed by atoms with Crippen molar-refractivity contribution < 1.29 is 28.5 Å². The molecule has 0 N–H and O–H groups in total. The number of benzene rings is 3. The smallest absolute Gasteiger partial charge is 0.185 e. The lowest BCUT2D eigenvalue weighted by molar-refractivity contribution is -0.112. The van der Waals surface area contributed by atoms with Crippen LogP contribution in [0.25, 0.3) is 24.3 Å². The fourth-order valence-electron chi connectivity index (χ4n) is 5.33. The fourth-order valence-corrected chi connectivity index (χ4v) is 5.33. The van der Waals surface area contributed by atoms with Gasteiger partial charge in [-0.05, 0) is 96.5 Å². The highest BCUT2D eigenvalue weighted by atomic mass is 16.5. The Morgan fingerprint density at radius 3 is 1.02 bits per heavy atom. The van der Waals surface area contributed by atoms with Crippen molar-refractivity contribution in [3.63, 3.8) is 0 Å². The van der Waals surface area contributed by atoms with Gasteiger partial charge in [-0.25, -0.2) is 0 Å². The molecule has 3 aromatic rings. The molecule has 0 aromatic heterocycles. The lowest BCUT2D eigenvalue weighted by Crippen LogP contribution is -1.96. The van der Waals surface area contributed by atoms with E-state index < -0.39 is 0 Å². The van der Waals surface area contributed by atoms with Crippen molar-refractivity contribution in [2.75, 3.05) is 28.4 Å². The number of hydrogen-bond donors (Lipinski definition) is 0. The van der Waals surface area contributed by atoms with Gasteiger partial charge in [0.25, 0.3) is 0 Å². The van der Waals surface area contributed by atoms with Crippen molar-refractivity contribution in [3.05, 3.63) is 105 Å². The maximum Gasteiger partial charge on any atom is 0.185 e. The summed E-state index contributed by atoms with van der Waals surface area (Å²) in [5.74, 6) is 2.71. The summed E-state index contributed by atoms with van der Waals surface area (Å²) in [4.78, 5) is 26.2. The molecule has 0 saturated heterocycles. The lowest BCUT2D eigenvalue weighted by Gasteiger charge is -2.08. The number of Topliss-reactive ketones (excluding diaryl/α,β-unsaturated/α-hetero) is 2. The first-order valence-electron chi connectivity index (χ1n) is 13.9. The van der Waals surface area contributed by atoms with E-state index in [1.165, 1.54) is 0 Å². The summed E-state index contributed by atoms with van der Waals surface area (Å²) in [5, 5.41) is 0. The Labute approximate surface area is 246 Å². The molecule has 0 heterocycles. The zero-order valence-electron chi connectivity index (χ0n) is 24.4. The van der Waals surface area contributed by atoms with Gasteiger partial charge in [-0.1, -0.05) is 36.4 Å². The number of hydrogen-bond acceptors (Lipinski definition) is 6. The number of ether oxygens (including phenoxy) is 4. The number of carbonyl (C=O) groups excluding carboxylic acids is 2. The van der Waals surface area contributed by atoms with Gasteiger partial charge in [-0.2, -0.15) is 0 Å². The quantitative estimate of drug-likeness (QED) is 0.267. The third-order valence-electron chi connectivity index (χ3n) is 7.61. The molecule has 3 aromatic carbocycles. The highest BCUT2D eigenvalue weighted by Crippen LogP contribution is 2.34. The summed E-state index contributed by atoms with van der Waals surface area (Å²) in [6, 6.07) is 19.2. The van der Waals surface area contributed by atoms with Gasteiger partial charge in [-0.15, -0.1) is 0 Å². The second-order valence-corrected chi connectivity index (χ2v) is 10.2. The Bertz CT molecular complexity index is 1510. The third-order valence-corrected chi connectivity index (χ3v) is 7.61. The molecule has 5 rings (SSSR count). The first-order valence-corrected chi connectivity index (χ1v) is 13.9. The Hall–Kier alpha value is -4.84. The van der Waals surface area contributed by atoms with E-state index in [1.54, 1.807) is 28.4 Å². The molecular weight excluding hydrogens is 528 g/mol. The van der Waals surface area contributed by atoms with Crippen LogP contribution >= 0.6 is 0 Å². The van der Waals surface area contributed by atoms with E-state index in [1.807, 2.05) is 85.0 Å². The van der Waals surface area contributed by atoms with Crippen LogP contribution < -0.4 is 18.9 Å². The summed E-state index contributed by atoms with van der Waals surface area (Å²) in [6.07, 6.45) is 10.6. The van der Waals surface area contributed by atoms with Gasteiger partial charge < -0.3 is 18.9 Å². The SMILES string of the molecule is COc1ccc(/C=C2\CC/C(=C\c3ccc(/C=C4\CC/C(=C\c5ccc(OC)c(OC)c5)C4=O)cc3)C2=O)cc1OC. The molecule has 2 saturated carbocycles. The number of rotatable bonds is 8. The summed E-state index contributed by atoms with van der Waals surface area (Å²) in [7, 11) is 6.39. The first-order chi connectivity index (χ1) is 20.4. The van der Waals surface area contributed by atoms with Crippen molar-refractivity contribution in [3.8, 4) is 23.0 Å². The van der Waals surface area contributed by atoms with E-state index in [2.05, 4.69) is 0 Å². The van der Waals surface area contributed by atoms with Crippen LogP contribution in [0.4, 0.5) is 0 Å². The number of allylic oxidation sites excluding steroid dienone is 4. The maximum absolute atomic E-state index is 13.1. The van der Waals surface area contributed by atoms with Gasteiger partial charge in [0.05, 0.1) is 28.4 Å². The van der Waals surface area contributed by atoms with Gasteiger partial charge in [0, 0.05) is 22.3 Å². The van der Waals surface area contributed by atoms with E-state index in [0.717, 1.165) is 44.5 Å². The molecule has 2 fully saturated rings. The lowest BCUT2D eigenvalue weighted by atomic mass is 10.0. The van der Waals surface area contributed by atoms with Gasteiger partial charge in [0.15, 0.2) is 34.6 Å². The maximum atomic E-state index is 13.1. The van der Waals surface area contributed by atoms with E-state index in [4.69, 9.17) is 18.9 Å². The molecule has 6 heteroatoms. The molecule has 0 unspecified atom stereocenters. The molecule has 2 aliphatic rings. The van der Waals surface area contributed by atoms with Crippen LogP contribution in [0.15, 0.2) is 83.0 Å². The molecule has 42 heavy (non-hydrogen) atoms. The number of methoxy groups -OCH3 is 4. The summed E-state index contributed by atoms with van der Waals surface area (Å²) in [5.41, 5.74) is 6.88. The topological polar surface area (TPSA) is 71.1 Å². The van der Waals surface area contributed by atoms with Crippen molar-refractivity contribution in [2.45, 2.75) is 25.7 Å². The van der Waals surface area contributed by atoms with Crippen LogP contribution in [0, 0.1) is 0 Å². The highest BCUT2D eigenvalue weighted by Gasteiger charge is 2.24. The Balaban J connectivity index is 1.27. The number of ketones is 2. The predicted octanol–water partition coefficient (Wildman–Crippen LogP) is 7.38. The van der Waals surface area contributed by atoms with Crippen molar-refractivity contribution in [1.29, 1.82) is 0 Å². The Morgan fingerprint density at radius 2 is 0.714 bits per heavy atom. The van der Waals surface area contributed by atoms with Crippen LogP contribution in [-0.2, 0) is 9.59 Å². The average Bonchev–Trinajstić information content (AvgIpc) is 3.54. The summed E-state index contributed by atoms with van der Waals surface area (Å²) in [6.45, 7) is 0. The molecule has 6 nitrogen and oxygen atoms in total. The van der Waals surface area contributed by atoms with E-state index in [9.17, 15) is 9.59 Å². The van der Waals surface area contributed by atoms with Crippen molar-refractivity contribution >= 4 is 35.9 Å². The molecule has 0 aliphatic heterocycles. The van der Waals surface area contributed by atoms with Crippen LogP contribution in [-0.4, -0.2) is 40.0 Å². The minimum Gasteiger partial charge on any atom is -0.493 e. The summed E-state index contributed by atoms with van der Waals surface area (Å²) < 4.78 is 21.4. The largest absolute Gasteiger partial charge is 0.493 e. The number of carbonyl (C=O) groups is 2. The highest BCUT2D eigenvalue weighted by molar-refractivity contribution is 6.16. The zero-order valence-corrected chi connectivity index (χ0v) is 24.4. The Morgan fingerprint density at radius 1 is 0.429 bits per heavy atom. The van der Waals surface area contributed by atoms with Crippen molar-refractivity contribution in [2.24, 2.45) is 0 Å². The van der Waals surface area contributed by atoms with Gasteiger partial charge in [0.2, 0.25) is 0 Å². The van der Waals surface area contributed by atoms with Crippen LogP contribution in [0.5, 0.6) is 23.0 Å². The monoisotopic (exact) mass is 562 g/mol. The second-order valence-electron chi connectivity index (χ2n) is 10.2. The standard InChI is InChI=1S/C36H34O6/c1-39-31-15-9-25(21-33(31)41-3)19-29-13-11-27(35(29)37)17-23-5-7-24(8-6-23)18-28-12-14-30(36(28)38)20-26-10-16-32(40-2)34(22-26)42-4/h5-10,15-22H,11-14H2,1-4H3/b27-17+,28-18+,29-19+,30-20+. The van der Waals surface area contributed by atoms with E-state index in [0.29, 0.717) is 48.7 Å². The van der Waals surface area contributed by atoms with Crippen LogP contribution in [0.2, 0.25) is 0 Å². The van der Waals surface area contributed by atoms with Crippen molar-refractivity contribution in [1.82, 2.24) is 0 Å². The average molecular weight is 563 g/mol. The normalized spacial score (nSPS) is 18.9. The van der Waals surface area contributed by atoms with Gasteiger partial charge >= 0.3 is 0 Å². The summed E-state index contributed by atoms with van der Waals surface area (Å²) >= 11 is 0. The van der Waals surface area contributed by atoms with Gasteiger partial charge in [-0.3, -0.25) is 9.59 Å². The second kappa shape index (κ2) is 12.8. The van der Waals surface area contributed by atoms with E-state index in [-0.39, 0.29) is 11.6 Å². The minimum atomic E-state index is 0.0707. The molecule has 2 aliphatic carbocycles. The molecule has 0 atom stereocenters. The minimum absolute atomic E-state index is 0.0707. The predicted molar refractivity (Wildman–Crippen MR) is 166 cm³/mol. The molecule has 0 amide bonds. The molecule has 0 bridgehead atoms. The molecule has 214 valence electrons. The molecule has 0 radical (unpaired) electrons. The van der Waals surface area contributed by atoms with Crippen LogP contribution in [0.3, 0.4) is 0 Å². The molecule has 0 spiro atoms. The van der Waals surface area contributed by atoms with E-state index >= 15 is 0 Å². The first kappa shape index (κ1) is 28.7. The fraction of sp³-hybridized carbons (Fsp3) is 0.222. The third kappa shape index (κ3) is 6.23. The molecular formula is C36H34O6.